The Morgan fingerprint density at radius 3 is 2.36 bits per heavy atom. The third kappa shape index (κ3) is 2.71. The lowest BCUT2D eigenvalue weighted by Gasteiger charge is -2.40. The Kier molecular flexibility index (Phi) is 4.39. The largest absolute Gasteiger partial charge is 0.390 e. The maximum Gasteiger partial charge on any atom is 0.0674 e. The molecule has 84 valence electrons. The summed E-state index contributed by atoms with van der Waals surface area (Å²) in [4.78, 5) is 0. The van der Waals surface area contributed by atoms with Crippen LogP contribution >= 0.6 is 0 Å². The first-order chi connectivity index (χ1) is 6.62. The molecule has 2 N–H and O–H groups in total. The third-order valence-electron chi connectivity index (χ3n) is 3.87. The SMILES string of the molecule is CCNC1CCC(O)(C(C)CC)CC1. The fourth-order valence-electron chi connectivity index (χ4n) is 2.48. The molecule has 0 aromatic heterocycles. The van der Waals surface area contributed by atoms with Crippen molar-refractivity contribution in [2.24, 2.45) is 5.92 Å². The van der Waals surface area contributed by atoms with Crippen molar-refractivity contribution in [3.8, 4) is 0 Å². The van der Waals surface area contributed by atoms with E-state index in [1.165, 1.54) is 0 Å². The van der Waals surface area contributed by atoms with Crippen LogP contribution in [0.5, 0.6) is 0 Å². The van der Waals surface area contributed by atoms with Crippen LogP contribution in [0.15, 0.2) is 0 Å². The fraction of sp³-hybridized carbons (Fsp3) is 1.00. The maximum absolute atomic E-state index is 10.4. The predicted molar refractivity (Wildman–Crippen MR) is 60.3 cm³/mol. The van der Waals surface area contributed by atoms with Gasteiger partial charge in [-0.3, -0.25) is 0 Å². The highest BCUT2D eigenvalue weighted by Crippen LogP contribution is 2.35. The Morgan fingerprint density at radius 2 is 1.93 bits per heavy atom. The van der Waals surface area contributed by atoms with Gasteiger partial charge in [0.1, 0.15) is 0 Å². The van der Waals surface area contributed by atoms with Crippen LogP contribution in [0, 0.1) is 5.92 Å². The summed E-state index contributed by atoms with van der Waals surface area (Å²) in [6, 6.07) is 0.643. The van der Waals surface area contributed by atoms with Crippen LogP contribution in [-0.4, -0.2) is 23.3 Å². The van der Waals surface area contributed by atoms with Gasteiger partial charge in [0.05, 0.1) is 5.60 Å². The molecule has 0 heterocycles. The third-order valence-corrected chi connectivity index (χ3v) is 3.87. The summed E-state index contributed by atoms with van der Waals surface area (Å²) in [5.74, 6) is 0.449. The second-order valence-electron chi connectivity index (χ2n) is 4.74. The molecule has 1 atom stereocenters. The summed E-state index contributed by atoms with van der Waals surface area (Å²) in [5, 5.41) is 13.9. The van der Waals surface area contributed by atoms with Crippen LogP contribution in [-0.2, 0) is 0 Å². The summed E-state index contributed by atoms with van der Waals surface area (Å²) >= 11 is 0. The van der Waals surface area contributed by atoms with E-state index in [0.717, 1.165) is 38.6 Å². The average molecular weight is 199 g/mol. The quantitative estimate of drug-likeness (QED) is 0.728. The zero-order valence-corrected chi connectivity index (χ0v) is 9.84. The molecular weight excluding hydrogens is 174 g/mol. The molecule has 0 aromatic rings. The molecule has 0 aromatic carbocycles. The zero-order valence-electron chi connectivity index (χ0n) is 9.84. The van der Waals surface area contributed by atoms with Gasteiger partial charge in [0, 0.05) is 6.04 Å². The highest BCUT2D eigenvalue weighted by Gasteiger charge is 2.36. The Balaban J connectivity index is 2.40. The molecule has 14 heavy (non-hydrogen) atoms. The lowest BCUT2D eigenvalue weighted by molar-refractivity contribution is -0.0498. The zero-order chi connectivity index (χ0) is 10.6. The lowest BCUT2D eigenvalue weighted by Crippen LogP contribution is -2.44. The normalized spacial score (nSPS) is 35.6. The van der Waals surface area contributed by atoms with E-state index >= 15 is 0 Å². The number of nitrogens with one attached hydrogen (secondary N) is 1. The van der Waals surface area contributed by atoms with Crippen LogP contribution in [0.2, 0.25) is 0 Å². The van der Waals surface area contributed by atoms with E-state index in [0.29, 0.717) is 12.0 Å². The molecule has 1 rings (SSSR count). The smallest absolute Gasteiger partial charge is 0.0674 e. The Hall–Kier alpha value is -0.0800. The first kappa shape index (κ1) is 12.0. The molecule has 1 saturated carbocycles. The summed E-state index contributed by atoms with van der Waals surface area (Å²) in [7, 11) is 0. The summed E-state index contributed by atoms with van der Waals surface area (Å²) in [6.07, 6.45) is 5.30. The van der Waals surface area contributed by atoms with Gasteiger partial charge in [0.15, 0.2) is 0 Å². The highest BCUT2D eigenvalue weighted by molar-refractivity contribution is 4.90. The van der Waals surface area contributed by atoms with Crippen LogP contribution < -0.4 is 5.32 Å². The molecule has 0 bridgehead atoms. The van der Waals surface area contributed by atoms with Gasteiger partial charge < -0.3 is 10.4 Å². The minimum absolute atomic E-state index is 0.374. The van der Waals surface area contributed by atoms with Gasteiger partial charge in [0.25, 0.3) is 0 Å². The molecule has 2 heteroatoms. The van der Waals surface area contributed by atoms with E-state index in [2.05, 4.69) is 26.1 Å². The van der Waals surface area contributed by atoms with Crippen molar-refractivity contribution in [2.75, 3.05) is 6.54 Å². The topological polar surface area (TPSA) is 32.3 Å². The molecule has 1 aliphatic rings. The fourth-order valence-corrected chi connectivity index (χ4v) is 2.48. The Morgan fingerprint density at radius 1 is 1.36 bits per heavy atom. The maximum atomic E-state index is 10.4. The van der Waals surface area contributed by atoms with Gasteiger partial charge in [-0.25, -0.2) is 0 Å². The van der Waals surface area contributed by atoms with E-state index < -0.39 is 0 Å². The van der Waals surface area contributed by atoms with Crippen molar-refractivity contribution in [3.05, 3.63) is 0 Å². The van der Waals surface area contributed by atoms with E-state index in [-0.39, 0.29) is 5.60 Å². The van der Waals surface area contributed by atoms with Crippen LogP contribution in [0.4, 0.5) is 0 Å². The first-order valence-electron chi connectivity index (χ1n) is 6.08. The summed E-state index contributed by atoms with van der Waals surface area (Å²) < 4.78 is 0. The molecule has 0 saturated heterocycles. The molecule has 0 radical (unpaired) electrons. The molecule has 1 aliphatic carbocycles. The molecule has 2 nitrogen and oxygen atoms in total. The summed E-state index contributed by atoms with van der Waals surface area (Å²) in [5.41, 5.74) is -0.374. The van der Waals surface area contributed by atoms with E-state index in [1.54, 1.807) is 0 Å². The van der Waals surface area contributed by atoms with Crippen LogP contribution in [0.25, 0.3) is 0 Å². The molecule has 1 fully saturated rings. The lowest BCUT2D eigenvalue weighted by atomic mass is 9.74. The van der Waals surface area contributed by atoms with Crippen molar-refractivity contribution in [3.63, 3.8) is 0 Å². The van der Waals surface area contributed by atoms with E-state index in [1.807, 2.05) is 0 Å². The second kappa shape index (κ2) is 5.13. The molecular formula is C12H25NO. The van der Waals surface area contributed by atoms with Gasteiger partial charge in [-0.05, 0) is 38.1 Å². The van der Waals surface area contributed by atoms with Gasteiger partial charge in [-0.2, -0.15) is 0 Å². The Labute approximate surface area is 88.1 Å². The van der Waals surface area contributed by atoms with Gasteiger partial charge in [-0.1, -0.05) is 27.2 Å². The minimum atomic E-state index is -0.374. The summed E-state index contributed by atoms with van der Waals surface area (Å²) in [6.45, 7) is 7.54. The molecule has 0 aliphatic heterocycles. The molecule has 0 amide bonds. The van der Waals surface area contributed by atoms with Gasteiger partial charge >= 0.3 is 0 Å². The standard InChI is InChI=1S/C12H25NO/c1-4-10(3)12(14)8-6-11(7-9-12)13-5-2/h10-11,13-14H,4-9H2,1-3H3. The van der Waals surface area contributed by atoms with Crippen LogP contribution in [0.3, 0.4) is 0 Å². The number of hydrogen-bond donors (Lipinski definition) is 2. The van der Waals surface area contributed by atoms with Crippen molar-refractivity contribution in [2.45, 2.75) is 64.5 Å². The van der Waals surface area contributed by atoms with Gasteiger partial charge in [-0.15, -0.1) is 0 Å². The first-order valence-corrected chi connectivity index (χ1v) is 6.08. The monoisotopic (exact) mass is 199 g/mol. The van der Waals surface area contributed by atoms with Gasteiger partial charge in [0.2, 0.25) is 0 Å². The number of hydrogen-bond acceptors (Lipinski definition) is 2. The van der Waals surface area contributed by atoms with Crippen molar-refractivity contribution >= 4 is 0 Å². The number of aliphatic hydroxyl groups is 1. The van der Waals surface area contributed by atoms with Crippen molar-refractivity contribution in [1.29, 1.82) is 0 Å². The van der Waals surface area contributed by atoms with Crippen molar-refractivity contribution in [1.82, 2.24) is 5.32 Å². The molecule has 1 unspecified atom stereocenters. The predicted octanol–water partition coefficient (Wildman–Crippen LogP) is 2.32. The number of rotatable bonds is 4. The minimum Gasteiger partial charge on any atom is -0.390 e. The second-order valence-corrected chi connectivity index (χ2v) is 4.74. The highest BCUT2D eigenvalue weighted by atomic mass is 16.3. The average Bonchev–Trinajstić information content (AvgIpc) is 2.21. The van der Waals surface area contributed by atoms with E-state index in [9.17, 15) is 5.11 Å². The van der Waals surface area contributed by atoms with E-state index in [4.69, 9.17) is 0 Å². The van der Waals surface area contributed by atoms with Crippen molar-refractivity contribution < 1.29 is 5.11 Å². The van der Waals surface area contributed by atoms with Crippen LogP contribution in [0.1, 0.15) is 52.9 Å². The Bertz CT molecular complexity index is 162. The molecule has 0 spiro atoms.